The number of nitrogens with zero attached hydrogens (tertiary/aromatic N) is 2. The third-order valence-corrected chi connectivity index (χ3v) is 5.88. The van der Waals surface area contributed by atoms with Crippen molar-refractivity contribution in [2.45, 2.75) is 51.9 Å². The first-order chi connectivity index (χ1) is 15.1. The molecule has 0 saturated heterocycles. The number of benzene rings is 2. The Morgan fingerprint density at radius 2 is 1.94 bits per heavy atom. The predicted molar refractivity (Wildman–Crippen MR) is 115 cm³/mol. The van der Waals surface area contributed by atoms with Crippen LogP contribution in [0.1, 0.15) is 54.6 Å². The Hall–Kier alpha value is -3.23. The zero-order valence-corrected chi connectivity index (χ0v) is 17.7. The van der Waals surface area contributed by atoms with Gasteiger partial charge in [0.05, 0.1) is 16.6 Å². The van der Waals surface area contributed by atoms with Gasteiger partial charge in [-0.1, -0.05) is 19.8 Å². The first-order valence-electron chi connectivity index (χ1n) is 10.5. The minimum absolute atomic E-state index is 0.189. The largest absolute Gasteiger partial charge is 0.573 e. The van der Waals surface area contributed by atoms with Gasteiger partial charge in [-0.2, -0.15) is 0 Å². The van der Waals surface area contributed by atoms with Crippen LogP contribution < -0.4 is 10.1 Å². The molecule has 32 heavy (non-hydrogen) atoms. The van der Waals surface area contributed by atoms with Crippen LogP contribution in [-0.2, 0) is 0 Å². The van der Waals surface area contributed by atoms with Gasteiger partial charge < -0.3 is 19.7 Å². The molecule has 9 heteroatoms. The normalized spacial score (nSPS) is 19.2. The zero-order chi connectivity index (χ0) is 23.0. The number of rotatable bonds is 5. The van der Waals surface area contributed by atoms with E-state index in [1.54, 1.807) is 13.0 Å². The van der Waals surface area contributed by atoms with E-state index in [1.807, 2.05) is 6.07 Å². The number of imidazole rings is 1. The van der Waals surface area contributed by atoms with Crippen molar-refractivity contribution in [3.05, 3.63) is 47.5 Å². The van der Waals surface area contributed by atoms with Crippen LogP contribution in [0.25, 0.3) is 11.0 Å². The fraction of sp³-hybridized carbons (Fsp3) is 0.391. The Morgan fingerprint density at radius 3 is 2.56 bits per heavy atom. The molecular weight excluding hydrogens is 423 g/mol. The highest BCUT2D eigenvalue weighted by molar-refractivity contribution is 5.95. The van der Waals surface area contributed by atoms with Crippen LogP contribution >= 0.6 is 0 Å². The average Bonchev–Trinajstić information content (AvgIpc) is 3.04. The number of fused-ring (bicyclic) bond motifs is 1. The number of anilines is 2. The summed E-state index contributed by atoms with van der Waals surface area (Å²) in [5, 5.41) is 12.7. The molecule has 1 aromatic heterocycles. The Kier molecular flexibility index (Phi) is 5.75. The smallest absolute Gasteiger partial charge is 0.478 e. The van der Waals surface area contributed by atoms with E-state index in [9.17, 15) is 23.1 Å². The van der Waals surface area contributed by atoms with E-state index >= 15 is 0 Å². The van der Waals surface area contributed by atoms with E-state index in [4.69, 9.17) is 0 Å². The first kappa shape index (κ1) is 22.0. The van der Waals surface area contributed by atoms with Crippen molar-refractivity contribution >= 4 is 28.6 Å². The number of halogens is 3. The topological polar surface area (TPSA) is 76.4 Å². The lowest BCUT2D eigenvalue weighted by Crippen LogP contribution is -2.19. The molecule has 170 valence electrons. The molecule has 2 unspecified atom stereocenters. The maximum absolute atomic E-state index is 12.4. The number of alkyl halides is 3. The summed E-state index contributed by atoms with van der Waals surface area (Å²) in [6, 6.07) is 9.05. The summed E-state index contributed by atoms with van der Waals surface area (Å²) in [5.41, 5.74) is 2.79. The molecule has 1 aliphatic carbocycles. The molecule has 6 nitrogen and oxygen atoms in total. The molecule has 0 bridgehead atoms. The van der Waals surface area contributed by atoms with E-state index in [0.29, 0.717) is 28.6 Å². The number of aryl methyl sites for hydroxylation is 1. The molecule has 1 aliphatic rings. The molecule has 1 heterocycles. The van der Waals surface area contributed by atoms with Crippen molar-refractivity contribution in [3.63, 3.8) is 0 Å². The molecule has 2 atom stereocenters. The number of aromatic nitrogens is 2. The van der Waals surface area contributed by atoms with E-state index in [0.717, 1.165) is 31.2 Å². The Labute approximate surface area is 183 Å². The van der Waals surface area contributed by atoms with Crippen LogP contribution in [0, 0.1) is 12.8 Å². The number of hydrogen-bond acceptors (Lipinski definition) is 4. The molecule has 1 saturated carbocycles. The van der Waals surface area contributed by atoms with Crippen LogP contribution in [-0.4, -0.2) is 27.0 Å². The number of nitrogens with one attached hydrogen (secondary N) is 1. The lowest BCUT2D eigenvalue weighted by molar-refractivity contribution is -0.274. The molecular formula is C23H24F3N3O3. The molecule has 3 aromatic rings. The SMILES string of the molecule is Cc1cc2c(cc1C(=O)O)nc(Nc1ccc(OC(F)(F)F)cc1)n2C1CCCC(C)C1. The maximum Gasteiger partial charge on any atom is 0.573 e. The van der Waals surface area contributed by atoms with Gasteiger partial charge in [0.15, 0.2) is 0 Å². The summed E-state index contributed by atoms with van der Waals surface area (Å²) in [7, 11) is 0. The molecule has 2 aromatic carbocycles. The summed E-state index contributed by atoms with van der Waals surface area (Å²) in [6.45, 7) is 3.97. The van der Waals surface area contributed by atoms with Crippen molar-refractivity contribution in [1.82, 2.24) is 9.55 Å². The molecule has 1 fully saturated rings. The quantitative estimate of drug-likeness (QED) is 0.471. The van der Waals surface area contributed by atoms with Crippen LogP contribution in [0.3, 0.4) is 0 Å². The molecule has 2 N–H and O–H groups in total. The number of carboxylic acid groups (broad SMARTS) is 1. The summed E-state index contributed by atoms with van der Waals surface area (Å²) in [6.07, 6.45) is -0.559. The van der Waals surface area contributed by atoms with Crippen molar-refractivity contribution in [1.29, 1.82) is 0 Å². The Balaban J connectivity index is 1.73. The van der Waals surface area contributed by atoms with Gasteiger partial charge in [-0.3, -0.25) is 0 Å². The second kappa shape index (κ2) is 8.37. The minimum atomic E-state index is -4.75. The molecule has 0 amide bonds. The van der Waals surface area contributed by atoms with Gasteiger partial charge >= 0.3 is 12.3 Å². The Bertz CT molecular complexity index is 1140. The van der Waals surface area contributed by atoms with E-state index in [1.165, 1.54) is 24.3 Å². The van der Waals surface area contributed by atoms with Gasteiger partial charge in [0, 0.05) is 11.7 Å². The number of carbonyl (C=O) groups is 1. The standard InChI is InChI=1S/C23H24F3N3O3/c1-13-4-3-5-16(10-13)29-20-11-14(2)18(21(30)31)12-19(20)28-22(29)27-15-6-8-17(9-7-15)32-23(24,25)26/h6-9,11-13,16H,3-5,10H2,1-2H3,(H,27,28)(H,30,31). The summed E-state index contributed by atoms with van der Waals surface area (Å²) in [4.78, 5) is 16.2. The minimum Gasteiger partial charge on any atom is -0.478 e. The lowest BCUT2D eigenvalue weighted by Gasteiger charge is -2.29. The van der Waals surface area contributed by atoms with Crippen LogP contribution in [0.4, 0.5) is 24.8 Å². The number of carboxylic acids is 1. The highest BCUT2D eigenvalue weighted by Crippen LogP contribution is 2.38. The van der Waals surface area contributed by atoms with Crippen molar-refractivity contribution in [3.8, 4) is 5.75 Å². The molecule has 4 rings (SSSR count). The van der Waals surface area contributed by atoms with Gasteiger partial charge in [0.25, 0.3) is 0 Å². The molecule has 0 spiro atoms. The van der Waals surface area contributed by atoms with Crippen LogP contribution in [0.15, 0.2) is 36.4 Å². The van der Waals surface area contributed by atoms with Crippen LogP contribution in [0.5, 0.6) is 5.75 Å². The first-order valence-corrected chi connectivity index (χ1v) is 10.5. The second-order valence-electron chi connectivity index (χ2n) is 8.39. The maximum atomic E-state index is 12.4. The van der Waals surface area contributed by atoms with Gasteiger partial charge in [0.1, 0.15) is 5.75 Å². The van der Waals surface area contributed by atoms with Crippen molar-refractivity contribution in [2.24, 2.45) is 5.92 Å². The number of ether oxygens (including phenoxy) is 1. The van der Waals surface area contributed by atoms with Gasteiger partial charge in [-0.25, -0.2) is 9.78 Å². The van der Waals surface area contributed by atoms with Gasteiger partial charge in [-0.15, -0.1) is 13.2 Å². The highest BCUT2D eigenvalue weighted by Gasteiger charge is 2.31. The second-order valence-corrected chi connectivity index (χ2v) is 8.39. The third-order valence-electron chi connectivity index (χ3n) is 5.88. The molecule has 0 aliphatic heterocycles. The fourth-order valence-electron chi connectivity index (χ4n) is 4.44. The molecule has 0 radical (unpaired) electrons. The third kappa shape index (κ3) is 4.66. The van der Waals surface area contributed by atoms with Crippen molar-refractivity contribution < 1.29 is 27.8 Å². The van der Waals surface area contributed by atoms with Gasteiger partial charge in [0.2, 0.25) is 5.95 Å². The number of aromatic carboxylic acids is 1. The van der Waals surface area contributed by atoms with E-state index in [2.05, 4.69) is 26.5 Å². The zero-order valence-electron chi connectivity index (χ0n) is 17.7. The van der Waals surface area contributed by atoms with E-state index in [-0.39, 0.29) is 17.4 Å². The average molecular weight is 447 g/mol. The summed E-state index contributed by atoms with van der Waals surface area (Å²) in [5.74, 6) is -0.234. The predicted octanol–water partition coefficient (Wildman–Crippen LogP) is 6.44. The lowest BCUT2D eigenvalue weighted by atomic mass is 9.87. The van der Waals surface area contributed by atoms with Gasteiger partial charge in [-0.05, 0) is 67.6 Å². The highest BCUT2D eigenvalue weighted by atomic mass is 19.4. The summed E-state index contributed by atoms with van der Waals surface area (Å²) < 4.78 is 43.3. The van der Waals surface area contributed by atoms with E-state index < -0.39 is 12.3 Å². The fourth-order valence-corrected chi connectivity index (χ4v) is 4.44. The van der Waals surface area contributed by atoms with Crippen molar-refractivity contribution in [2.75, 3.05) is 5.32 Å². The van der Waals surface area contributed by atoms with Crippen LogP contribution in [0.2, 0.25) is 0 Å². The Morgan fingerprint density at radius 1 is 1.22 bits per heavy atom. The number of hydrogen-bond donors (Lipinski definition) is 2. The monoisotopic (exact) mass is 447 g/mol. The summed E-state index contributed by atoms with van der Waals surface area (Å²) >= 11 is 0.